The topological polar surface area (TPSA) is 46.2 Å². The third kappa shape index (κ3) is 3.20. The molecule has 0 fully saturated rings. The summed E-state index contributed by atoms with van der Waals surface area (Å²) in [4.78, 5) is 0. The molecule has 0 saturated heterocycles. The molecule has 0 aliphatic carbocycles. The molecule has 2 aromatic rings. The zero-order valence-electron chi connectivity index (χ0n) is 10.6. The SMILES string of the molecule is NCC(c1ccc(F)cc1Cl)C(O)c1ccccc1Br. The van der Waals surface area contributed by atoms with Gasteiger partial charge >= 0.3 is 0 Å². The minimum absolute atomic E-state index is 0.202. The lowest BCUT2D eigenvalue weighted by atomic mass is 9.89. The minimum atomic E-state index is -0.821. The Morgan fingerprint density at radius 3 is 2.50 bits per heavy atom. The summed E-state index contributed by atoms with van der Waals surface area (Å²) >= 11 is 9.46. The molecular weight excluding hydrogens is 345 g/mol. The van der Waals surface area contributed by atoms with Crippen molar-refractivity contribution in [3.8, 4) is 0 Å². The van der Waals surface area contributed by atoms with Crippen LogP contribution in [-0.4, -0.2) is 11.7 Å². The van der Waals surface area contributed by atoms with E-state index in [2.05, 4.69) is 15.9 Å². The smallest absolute Gasteiger partial charge is 0.124 e. The van der Waals surface area contributed by atoms with E-state index in [1.807, 2.05) is 24.3 Å². The average molecular weight is 359 g/mol. The molecule has 106 valence electrons. The highest BCUT2D eigenvalue weighted by molar-refractivity contribution is 9.10. The highest BCUT2D eigenvalue weighted by atomic mass is 79.9. The molecular formula is C15H14BrClFNO. The van der Waals surface area contributed by atoms with Gasteiger partial charge in [0.15, 0.2) is 0 Å². The number of aliphatic hydroxyl groups is 1. The van der Waals surface area contributed by atoms with Crippen LogP contribution < -0.4 is 5.73 Å². The van der Waals surface area contributed by atoms with E-state index in [-0.39, 0.29) is 11.6 Å². The first-order chi connectivity index (χ1) is 9.54. The Balaban J connectivity index is 2.39. The predicted octanol–water partition coefficient (Wildman–Crippen LogP) is 4.02. The molecule has 0 saturated carbocycles. The van der Waals surface area contributed by atoms with Crippen LogP contribution in [0.3, 0.4) is 0 Å². The van der Waals surface area contributed by atoms with Gasteiger partial charge in [0.1, 0.15) is 5.82 Å². The van der Waals surface area contributed by atoms with E-state index in [0.29, 0.717) is 5.56 Å². The van der Waals surface area contributed by atoms with Crippen LogP contribution in [0.25, 0.3) is 0 Å². The van der Waals surface area contributed by atoms with Gasteiger partial charge in [-0.2, -0.15) is 0 Å². The Hall–Kier alpha value is -0.940. The summed E-state index contributed by atoms with van der Waals surface area (Å²) < 4.78 is 13.9. The second kappa shape index (κ2) is 6.68. The van der Waals surface area contributed by atoms with Crippen molar-refractivity contribution in [3.63, 3.8) is 0 Å². The van der Waals surface area contributed by atoms with Crippen LogP contribution in [0.2, 0.25) is 5.02 Å². The molecule has 0 aliphatic rings. The van der Waals surface area contributed by atoms with Gasteiger partial charge in [-0.15, -0.1) is 0 Å². The molecule has 0 spiro atoms. The molecule has 2 atom stereocenters. The molecule has 0 radical (unpaired) electrons. The maximum atomic E-state index is 13.1. The first kappa shape index (κ1) is 15.4. The van der Waals surface area contributed by atoms with E-state index in [1.54, 1.807) is 6.07 Å². The van der Waals surface area contributed by atoms with E-state index < -0.39 is 17.8 Å². The van der Waals surface area contributed by atoms with E-state index in [9.17, 15) is 9.50 Å². The normalized spacial score (nSPS) is 14.1. The van der Waals surface area contributed by atoms with Gasteiger partial charge in [-0.05, 0) is 29.3 Å². The molecule has 2 nitrogen and oxygen atoms in total. The van der Waals surface area contributed by atoms with Gasteiger partial charge in [-0.3, -0.25) is 0 Å². The quantitative estimate of drug-likeness (QED) is 0.867. The van der Waals surface area contributed by atoms with Crippen LogP contribution in [0.1, 0.15) is 23.1 Å². The number of hydrogen-bond acceptors (Lipinski definition) is 2. The Morgan fingerprint density at radius 1 is 1.20 bits per heavy atom. The zero-order valence-corrected chi connectivity index (χ0v) is 12.9. The van der Waals surface area contributed by atoms with Crippen LogP contribution in [-0.2, 0) is 0 Å². The monoisotopic (exact) mass is 357 g/mol. The number of halogens is 3. The summed E-state index contributed by atoms with van der Waals surface area (Å²) in [6.07, 6.45) is -0.821. The second-order valence-electron chi connectivity index (χ2n) is 4.47. The summed E-state index contributed by atoms with van der Waals surface area (Å²) in [5.41, 5.74) is 7.14. The van der Waals surface area contributed by atoms with Crippen molar-refractivity contribution in [1.82, 2.24) is 0 Å². The molecule has 5 heteroatoms. The Morgan fingerprint density at radius 2 is 1.90 bits per heavy atom. The fourth-order valence-electron chi connectivity index (χ4n) is 2.16. The van der Waals surface area contributed by atoms with Gasteiger partial charge in [0.05, 0.1) is 6.10 Å². The van der Waals surface area contributed by atoms with Crippen molar-refractivity contribution in [2.24, 2.45) is 5.73 Å². The van der Waals surface area contributed by atoms with Gasteiger partial charge in [0.2, 0.25) is 0 Å². The summed E-state index contributed by atoms with van der Waals surface area (Å²) in [7, 11) is 0. The molecule has 0 amide bonds. The number of rotatable bonds is 4. The van der Waals surface area contributed by atoms with Crippen LogP contribution in [0.5, 0.6) is 0 Å². The van der Waals surface area contributed by atoms with Gasteiger partial charge < -0.3 is 10.8 Å². The lowest BCUT2D eigenvalue weighted by Crippen LogP contribution is -2.21. The Kier molecular flexibility index (Phi) is 5.16. The van der Waals surface area contributed by atoms with Crippen LogP contribution in [0.4, 0.5) is 4.39 Å². The highest BCUT2D eigenvalue weighted by Gasteiger charge is 2.25. The molecule has 3 N–H and O–H groups in total. The van der Waals surface area contributed by atoms with Gasteiger partial charge in [0, 0.05) is 22.0 Å². The predicted molar refractivity (Wildman–Crippen MR) is 82.3 cm³/mol. The van der Waals surface area contributed by atoms with Gasteiger partial charge in [-0.25, -0.2) is 4.39 Å². The van der Waals surface area contributed by atoms with E-state index in [4.69, 9.17) is 17.3 Å². The summed E-state index contributed by atoms with van der Waals surface area (Å²) in [5, 5.41) is 10.8. The standard InChI is InChI=1S/C15H14BrClFNO/c16-13-4-2-1-3-11(13)15(20)12(8-19)10-6-5-9(18)7-14(10)17/h1-7,12,15,20H,8,19H2. The minimum Gasteiger partial charge on any atom is -0.388 e. The molecule has 0 aliphatic heterocycles. The maximum Gasteiger partial charge on any atom is 0.124 e. The summed E-state index contributed by atoms with van der Waals surface area (Å²) in [5.74, 6) is -0.813. The van der Waals surface area contributed by atoms with Crippen molar-refractivity contribution in [2.75, 3.05) is 6.54 Å². The molecule has 0 aromatic heterocycles. The molecule has 0 heterocycles. The van der Waals surface area contributed by atoms with Crippen molar-refractivity contribution >= 4 is 27.5 Å². The van der Waals surface area contributed by atoms with Crippen molar-refractivity contribution in [3.05, 3.63) is 68.9 Å². The molecule has 2 aromatic carbocycles. The van der Waals surface area contributed by atoms with E-state index in [0.717, 1.165) is 10.0 Å². The van der Waals surface area contributed by atoms with Crippen LogP contribution in [0.15, 0.2) is 46.9 Å². The Labute approximate surface area is 130 Å². The van der Waals surface area contributed by atoms with E-state index in [1.165, 1.54) is 12.1 Å². The van der Waals surface area contributed by atoms with Gasteiger partial charge in [-0.1, -0.05) is 51.8 Å². The molecule has 2 unspecified atom stereocenters. The Bertz CT molecular complexity index is 608. The molecule has 20 heavy (non-hydrogen) atoms. The summed E-state index contributed by atoms with van der Waals surface area (Å²) in [6.45, 7) is 0.202. The average Bonchev–Trinajstić information content (AvgIpc) is 2.42. The maximum absolute atomic E-state index is 13.1. The van der Waals surface area contributed by atoms with Gasteiger partial charge in [0.25, 0.3) is 0 Å². The van der Waals surface area contributed by atoms with Crippen molar-refractivity contribution in [1.29, 1.82) is 0 Å². The number of hydrogen-bond donors (Lipinski definition) is 2. The van der Waals surface area contributed by atoms with Crippen LogP contribution >= 0.6 is 27.5 Å². The van der Waals surface area contributed by atoms with Crippen LogP contribution in [0, 0.1) is 5.82 Å². The lowest BCUT2D eigenvalue weighted by molar-refractivity contribution is 0.146. The van der Waals surface area contributed by atoms with Crippen molar-refractivity contribution in [2.45, 2.75) is 12.0 Å². The van der Waals surface area contributed by atoms with Crippen molar-refractivity contribution < 1.29 is 9.50 Å². The summed E-state index contributed by atoms with van der Waals surface area (Å²) in [6, 6.07) is 11.5. The molecule has 2 rings (SSSR count). The zero-order chi connectivity index (χ0) is 14.7. The first-order valence-corrected chi connectivity index (χ1v) is 7.29. The molecule has 0 bridgehead atoms. The van der Waals surface area contributed by atoms with E-state index >= 15 is 0 Å². The number of nitrogens with two attached hydrogens (primary N) is 1. The third-order valence-electron chi connectivity index (χ3n) is 3.22. The largest absolute Gasteiger partial charge is 0.388 e. The first-order valence-electron chi connectivity index (χ1n) is 6.12. The second-order valence-corrected chi connectivity index (χ2v) is 5.74. The fourth-order valence-corrected chi connectivity index (χ4v) is 2.99. The number of benzene rings is 2. The lowest BCUT2D eigenvalue weighted by Gasteiger charge is -2.24. The highest BCUT2D eigenvalue weighted by Crippen LogP contribution is 2.36. The third-order valence-corrected chi connectivity index (χ3v) is 4.27. The number of aliphatic hydroxyl groups excluding tert-OH is 1. The fraction of sp³-hybridized carbons (Fsp3) is 0.200.